The number of amides is 3. The number of hydrogen-bond acceptors (Lipinski definition) is 4. The zero-order chi connectivity index (χ0) is 21.2. The Labute approximate surface area is 176 Å². The van der Waals surface area contributed by atoms with Crippen molar-refractivity contribution in [3.8, 4) is 0 Å². The van der Waals surface area contributed by atoms with Gasteiger partial charge < -0.3 is 5.32 Å². The lowest BCUT2D eigenvalue weighted by Crippen LogP contribution is -2.31. The van der Waals surface area contributed by atoms with E-state index < -0.39 is 28.8 Å². The number of carbonyl (C=O) groups is 3. The molecule has 0 aliphatic carbocycles. The Bertz CT molecular complexity index is 950. The van der Waals surface area contributed by atoms with Crippen LogP contribution in [-0.4, -0.2) is 28.7 Å². The second kappa shape index (κ2) is 8.58. The van der Waals surface area contributed by atoms with Gasteiger partial charge in [-0.05, 0) is 42.5 Å². The molecule has 29 heavy (non-hydrogen) atoms. The fraction of sp³-hybridized carbons (Fsp3) is 0.211. The molecule has 1 fully saturated rings. The average Bonchev–Trinajstić information content (AvgIpc) is 2.94. The molecule has 1 aliphatic rings. The highest BCUT2D eigenvalue weighted by Gasteiger charge is 2.40. The number of rotatable bonds is 5. The van der Waals surface area contributed by atoms with Gasteiger partial charge >= 0.3 is 6.18 Å². The zero-order valence-electron chi connectivity index (χ0n) is 14.7. The highest BCUT2D eigenvalue weighted by atomic mass is 79.9. The van der Waals surface area contributed by atoms with E-state index in [0.29, 0.717) is 5.69 Å². The van der Waals surface area contributed by atoms with Crippen LogP contribution in [0.15, 0.2) is 53.0 Å². The summed E-state index contributed by atoms with van der Waals surface area (Å²) in [6.45, 7) is 0. The molecular formula is C19H14BrF3N2O3S. The number of carbonyl (C=O) groups excluding carboxylic acids is 3. The van der Waals surface area contributed by atoms with Crippen LogP contribution in [0.2, 0.25) is 0 Å². The summed E-state index contributed by atoms with van der Waals surface area (Å²) in [6.07, 6.45) is -4.56. The summed E-state index contributed by atoms with van der Waals surface area (Å²) in [5.41, 5.74) is -0.417. The molecule has 0 spiro atoms. The van der Waals surface area contributed by atoms with Crippen molar-refractivity contribution in [3.63, 3.8) is 0 Å². The lowest BCUT2D eigenvalue weighted by atomic mass is 10.2. The van der Waals surface area contributed by atoms with Crippen molar-refractivity contribution < 1.29 is 27.6 Å². The summed E-state index contributed by atoms with van der Waals surface area (Å²) in [5.74, 6) is -1.52. The van der Waals surface area contributed by atoms with Crippen LogP contribution >= 0.6 is 27.7 Å². The zero-order valence-corrected chi connectivity index (χ0v) is 17.1. The normalized spacial score (nSPS) is 17.0. The standard InChI is InChI=1S/C19H14BrF3N2O3S/c20-12-4-6-14(7-5-12)25-17(27)9-15(18(25)28)29-10-16(26)24-13-3-1-2-11(8-13)19(21,22)23/h1-8,15H,9-10H2,(H,24,26). The van der Waals surface area contributed by atoms with Crippen LogP contribution in [0.1, 0.15) is 12.0 Å². The largest absolute Gasteiger partial charge is 0.416 e. The van der Waals surface area contributed by atoms with E-state index in [0.717, 1.165) is 33.3 Å². The Kier molecular flexibility index (Phi) is 6.33. The summed E-state index contributed by atoms with van der Waals surface area (Å²) in [4.78, 5) is 37.9. The molecule has 10 heteroatoms. The number of nitrogens with one attached hydrogen (secondary N) is 1. The molecule has 0 aromatic heterocycles. The first-order chi connectivity index (χ1) is 13.6. The number of anilines is 2. The Hall–Kier alpha value is -2.33. The maximum absolute atomic E-state index is 12.7. The Morgan fingerprint density at radius 3 is 2.52 bits per heavy atom. The molecule has 0 bridgehead atoms. The van der Waals surface area contributed by atoms with Gasteiger partial charge in [-0.1, -0.05) is 22.0 Å². The number of halogens is 4. The number of nitrogens with zero attached hydrogens (tertiary/aromatic N) is 1. The minimum absolute atomic E-state index is 0.00994. The molecule has 3 amide bonds. The predicted molar refractivity (Wildman–Crippen MR) is 108 cm³/mol. The van der Waals surface area contributed by atoms with Crippen molar-refractivity contribution in [1.82, 2.24) is 0 Å². The van der Waals surface area contributed by atoms with E-state index in [9.17, 15) is 27.6 Å². The molecule has 1 atom stereocenters. The summed E-state index contributed by atoms with van der Waals surface area (Å²) in [6, 6.07) is 11.0. The molecule has 2 aromatic rings. The SMILES string of the molecule is O=C(CSC1CC(=O)N(c2ccc(Br)cc2)C1=O)Nc1cccc(C(F)(F)F)c1. The maximum Gasteiger partial charge on any atom is 0.416 e. The van der Waals surface area contributed by atoms with Crippen LogP contribution in [-0.2, 0) is 20.6 Å². The van der Waals surface area contributed by atoms with Crippen molar-refractivity contribution in [1.29, 1.82) is 0 Å². The van der Waals surface area contributed by atoms with E-state index in [1.807, 2.05) is 0 Å². The van der Waals surface area contributed by atoms with Gasteiger partial charge in [0.1, 0.15) is 0 Å². The number of imide groups is 1. The Morgan fingerprint density at radius 2 is 1.86 bits per heavy atom. The predicted octanol–water partition coefficient (Wildman–Crippen LogP) is 4.47. The van der Waals surface area contributed by atoms with Crippen LogP contribution < -0.4 is 10.2 Å². The van der Waals surface area contributed by atoms with Gasteiger partial charge in [0.15, 0.2) is 0 Å². The number of hydrogen-bond donors (Lipinski definition) is 1. The van der Waals surface area contributed by atoms with Crippen molar-refractivity contribution >= 4 is 56.8 Å². The first-order valence-corrected chi connectivity index (χ1v) is 10.2. The molecule has 2 aromatic carbocycles. The van der Waals surface area contributed by atoms with E-state index in [-0.39, 0.29) is 23.8 Å². The lowest BCUT2D eigenvalue weighted by molar-refractivity contribution is -0.137. The van der Waals surface area contributed by atoms with Crippen molar-refractivity contribution in [2.24, 2.45) is 0 Å². The van der Waals surface area contributed by atoms with E-state index in [1.54, 1.807) is 24.3 Å². The fourth-order valence-corrected chi connectivity index (χ4v) is 3.94. The molecule has 3 rings (SSSR count). The molecule has 1 N–H and O–H groups in total. The molecule has 0 saturated carbocycles. The van der Waals surface area contributed by atoms with Gasteiger partial charge in [0.25, 0.3) is 0 Å². The van der Waals surface area contributed by atoms with Gasteiger partial charge in [-0.3, -0.25) is 14.4 Å². The van der Waals surface area contributed by atoms with Crippen molar-refractivity contribution in [2.45, 2.75) is 17.8 Å². The molecule has 5 nitrogen and oxygen atoms in total. The number of benzene rings is 2. The van der Waals surface area contributed by atoms with Gasteiger partial charge in [0.2, 0.25) is 17.7 Å². The van der Waals surface area contributed by atoms with E-state index in [1.165, 1.54) is 12.1 Å². The molecule has 1 saturated heterocycles. The maximum atomic E-state index is 12.7. The summed E-state index contributed by atoms with van der Waals surface area (Å²) < 4.78 is 39.0. The Balaban J connectivity index is 1.59. The highest BCUT2D eigenvalue weighted by Crippen LogP contribution is 2.32. The Morgan fingerprint density at radius 1 is 1.17 bits per heavy atom. The monoisotopic (exact) mass is 486 g/mol. The third-order valence-corrected chi connectivity index (χ3v) is 5.81. The van der Waals surface area contributed by atoms with Crippen LogP contribution in [0.25, 0.3) is 0 Å². The van der Waals surface area contributed by atoms with Gasteiger partial charge in [-0.15, -0.1) is 11.8 Å². The molecular weight excluding hydrogens is 473 g/mol. The number of thioether (sulfide) groups is 1. The lowest BCUT2D eigenvalue weighted by Gasteiger charge is -2.15. The summed E-state index contributed by atoms with van der Waals surface area (Å²) >= 11 is 4.26. The summed E-state index contributed by atoms with van der Waals surface area (Å²) in [7, 11) is 0. The van der Waals surface area contributed by atoms with Crippen molar-refractivity contribution in [3.05, 3.63) is 58.6 Å². The average molecular weight is 487 g/mol. The summed E-state index contributed by atoms with van der Waals surface area (Å²) in [5, 5.41) is 1.66. The third-order valence-electron chi connectivity index (χ3n) is 4.08. The van der Waals surface area contributed by atoms with E-state index >= 15 is 0 Å². The van der Waals surface area contributed by atoms with Crippen LogP contribution in [0.4, 0.5) is 24.5 Å². The fourth-order valence-electron chi connectivity index (χ4n) is 2.74. The second-order valence-electron chi connectivity index (χ2n) is 6.17. The van der Waals surface area contributed by atoms with Crippen LogP contribution in [0.3, 0.4) is 0 Å². The molecule has 0 radical (unpaired) electrons. The van der Waals surface area contributed by atoms with E-state index in [4.69, 9.17) is 0 Å². The van der Waals surface area contributed by atoms with Gasteiger partial charge in [-0.25, -0.2) is 4.90 Å². The minimum atomic E-state index is -4.51. The first-order valence-electron chi connectivity index (χ1n) is 8.36. The van der Waals surface area contributed by atoms with Crippen LogP contribution in [0, 0.1) is 0 Å². The molecule has 1 aliphatic heterocycles. The van der Waals surface area contributed by atoms with E-state index in [2.05, 4.69) is 21.2 Å². The van der Waals surface area contributed by atoms with Crippen molar-refractivity contribution in [2.75, 3.05) is 16.0 Å². The van der Waals surface area contributed by atoms with Crippen LogP contribution in [0.5, 0.6) is 0 Å². The smallest absolute Gasteiger partial charge is 0.325 e. The number of alkyl halides is 3. The van der Waals surface area contributed by atoms with Gasteiger partial charge in [0, 0.05) is 16.6 Å². The molecule has 152 valence electrons. The first kappa shape index (κ1) is 21.4. The minimum Gasteiger partial charge on any atom is -0.325 e. The molecule has 1 unspecified atom stereocenters. The highest BCUT2D eigenvalue weighted by molar-refractivity contribution is 9.10. The topological polar surface area (TPSA) is 66.5 Å². The van der Waals surface area contributed by atoms with Gasteiger partial charge in [-0.2, -0.15) is 13.2 Å². The van der Waals surface area contributed by atoms with Gasteiger partial charge in [0.05, 0.1) is 22.3 Å². The quantitative estimate of drug-likeness (QED) is 0.633. The second-order valence-corrected chi connectivity index (χ2v) is 8.28. The third kappa shape index (κ3) is 5.18. The molecule has 1 heterocycles.